The third-order valence-electron chi connectivity index (χ3n) is 5.82. The number of H-pyrrole nitrogens is 1. The lowest BCUT2D eigenvalue weighted by atomic mass is 9.95. The number of aromatic nitrogens is 6. The molecule has 0 amide bonds. The number of carbonyl (C=O) groups excluding carboxylic acids is 1. The van der Waals surface area contributed by atoms with E-state index in [0.717, 1.165) is 57.1 Å². The molecule has 0 unspecified atom stereocenters. The first-order valence-corrected chi connectivity index (χ1v) is 12.2. The molecule has 9 nitrogen and oxygen atoms in total. The van der Waals surface area contributed by atoms with Crippen LogP contribution in [0.5, 0.6) is 0 Å². The molecule has 0 saturated heterocycles. The number of esters is 1. The van der Waals surface area contributed by atoms with Crippen LogP contribution >= 0.6 is 11.3 Å². The van der Waals surface area contributed by atoms with Gasteiger partial charge >= 0.3 is 5.97 Å². The van der Waals surface area contributed by atoms with Crippen LogP contribution < -0.4 is 5.32 Å². The maximum Gasteiger partial charge on any atom is 0.350 e. The maximum atomic E-state index is 12.6. The molecular formula is C25H25N7O2S. The quantitative estimate of drug-likeness (QED) is 0.299. The average Bonchev–Trinajstić information content (AvgIpc) is 3.61. The van der Waals surface area contributed by atoms with Crippen LogP contribution in [0.4, 0.5) is 5.95 Å². The molecule has 0 fully saturated rings. The van der Waals surface area contributed by atoms with Gasteiger partial charge in [0.15, 0.2) is 0 Å². The third kappa shape index (κ3) is 4.17. The summed E-state index contributed by atoms with van der Waals surface area (Å²) in [6.45, 7) is 5.38. The lowest BCUT2D eigenvalue weighted by Crippen LogP contribution is -2.11. The van der Waals surface area contributed by atoms with Gasteiger partial charge in [-0.2, -0.15) is 5.21 Å². The fourth-order valence-corrected chi connectivity index (χ4v) is 5.23. The molecule has 10 heteroatoms. The Hall–Kier alpha value is -4.05. The summed E-state index contributed by atoms with van der Waals surface area (Å²) in [5.41, 5.74) is 5.61. The summed E-state index contributed by atoms with van der Waals surface area (Å²) in [5, 5.41) is 18.1. The van der Waals surface area contributed by atoms with E-state index in [1.165, 1.54) is 18.4 Å². The predicted octanol–water partition coefficient (Wildman–Crippen LogP) is 4.91. The van der Waals surface area contributed by atoms with Gasteiger partial charge in [0.2, 0.25) is 11.8 Å². The van der Waals surface area contributed by atoms with E-state index in [0.29, 0.717) is 17.2 Å². The third-order valence-corrected chi connectivity index (χ3v) is 6.89. The van der Waals surface area contributed by atoms with Gasteiger partial charge in [-0.3, -0.25) is 0 Å². The van der Waals surface area contributed by atoms with Gasteiger partial charge in [-0.15, -0.1) is 21.5 Å². The van der Waals surface area contributed by atoms with Crippen LogP contribution in [-0.4, -0.2) is 49.8 Å². The van der Waals surface area contributed by atoms with E-state index < -0.39 is 0 Å². The molecule has 178 valence electrons. The normalized spacial score (nSPS) is 11.2. The Morgan fingerprint density at radius 1 is 1.11 bits per heavy atom. The summed E-state index contributed by atoms with van der Waals surface area (Å²) < 4.78 is 7.17. The van der Waals surface area contributed by atoms with Crippen molar-refractivity contribution in [2.75, 3.05) is 19.0 Å². The van der Waals surface area contributed by atoms with Gasteiger partial charge in [0.25, 0.3) is 0 Å². The Bertz CT molecular complexity index is 1490. The van der Waals surface area contributed by atoms with Gasteiger partial charge in [-0.05, 0) is 35.2 Å². The molecule has 3 heterocycles. The molecule has 0 aliphatic heterocycles. The number of imidazole rings is 1. The standard InChI is InChI=1S/C25H25N7O2S/c1-4-13-26-25-27-20-15(2)35-22(24(33)34-3)21(20)32(25)14-16-9-5-6-10-17(16)18-11-7-8-12-19(18)23-28-30-31-29-23/h5-12H,4,13-14H2,1-3H3,(H,26,27)(H,28,29,30,31). The van der Waals surface area contributed by atoms with Crippen LogP contribution in [0.1, 0.15) is 33.5 Å². The molecule has 2 N–H and O–H groups in total. The molecule has 35 heavy (non-hydrogen) atoms. The Kier molecular flexibility index (Phi) is 6.28. The molecule has 0 bridgehead atoms. The predicted molar refractivity (Wildman–Crippen MR) is 137 cm³/mol. The van der Waals surface area contributed by atoms with Crippen molar-refractivity contribution in [2.24, 2.45) is 0 Å². The van der Waals surface area contributed by atoms with E-state index in [2.05, 4.69) is 55.6 Å². The van der Waals surface area contributed by atoms with Crippen molar-refractivity contribution >= 4 is 34.3 Å². The van der Waals surface area contributed by atoms with Crippen LogP contribution in [0.2, 0.25) is 0 Å². The maximum absolute atomic E-state index is 12.6. The summed E-state index contributed by atoms with van der Waals surface area (Å²) in [6.07, 6.45) is 0.956. The van der Waals surface area contributed by atoms with Gasteiger partial charge < -0.3 is 14.6 Å². The average molecular weight is 488 g/mol. The van der Waals surface area contributed by atoms with Gasteiger partial charge in [-0.25, -0.2) is 9.78 Å². The van der Waals surface area contributed by atoms with Crippen molar-refractivity contribution < 1.29 is 9.53 Å². The highest BCUT2D eigenvalue weighted by atomic mass is 32.1. The highest BCUT2D eigenvalue weighted by Crippen LogP contribution is 2.36. The molecular weight excluding hydrogens is 462 g/mol. The number of thiophene rings is 1. The Morgan fingerprint density at radius 2 is 1.86 bits per heavy atom. The molecule has 5 aromatic rings. The molecule has 0 saturated carbocycles. The first-order valence-electron chi connectivity index (χ1n) is 11.3. The fraction of sp³-hybridized carbons (Fsp3) is 0.240. The first-order chi connectivity index (χ1) is 17.1. The number of anilines is 1. The molecule has 2 aromatic carbocycles. The number of nitrogens with zero attached hydrogens (tertiary/aromatic N) is 5. The number of tetrazole rings is 1. The zero-order chi connectivity index (χ0) is 24.4. The Labute approximate surface area is 206 Å². The zero-order valence-electron chi connectivity index (χ0n) is 19.7. The molecule has 0 radical (unpaired) electrons. The largest absolute Gasteiger partial charge is 0.465 e. The first kappa shape index (κ1) is 22.7. The second-order valence-electron chi connectivity index (χ2n) is 8.06. The van der Waals surface area contributed by atoms with Crippen LogP contribution in [0.3, 0.4) is 0 Å². The molecule has 3 aromatic heterocycles. The highest BCUT2D eigenvalue weighted by Gasteiger charge is 2.24. The smallest absolute Gasteiger partial charge is 0.350 e. The van der Waals surface area contributed by atoms with E-state index >= 15 is 0 Å². The number of benzene rings is 2. The van der Waals surface area contributed by atoms with E-state index in [4.69, 9.17) is 9.72 Å². The molecule has 0 aliphatic carbocycles. The summed E-state index contributed by atoms with van der Waals surface area (Å²) >= 11 is 1.41. The van der Waals surface area contributed by atoms with Crippen molar-refractivity contribution in [1.29, 1.82) is 0 Å². The van der Waals surface area contributed by atoms with Crippen molar-refractivity contribution in [3.8, 4) is 22.5 Å². The molecule has 0 spiro atoms. The van der Waals surface area contributed by atoms with E-state index in [-0.39, 0.29) is 5.97 Å². The number of hydrogen-bond acceptors (Lipinski definition) is 8. The number of fused-ring (bicyclic) bond motifs is 1. The van der Waals surface area contributed by atoms with E-state index in [1.54, 1.807) is 0 Å². The number of aryl methyl sites for hydroxylation is 1. The number of methoxy groups -OCH3 is 1. The summed E-state index contributed by atoms with van der Waals surface area (Å²) in [5.74, 6) is 0.915. The van der Waals surface area contributed by atoms with Crippen LogP contribution in [0, 0.1) is 6.92 Å². The zero-order valence-corrected chi connectivity index (χ0v) is 20.5. The summed E-state index contributed by atoms with van der Waals surface area (Å²) in [4.78, 5) is 19.0. The number of carbonyl (C=O) groups is 1. The van der Waals surface area contributed by atoms with Gasteiger partial charge in [0, 0.05) is 17.0 Å². The van der Waals surface area contributed by atoms with Crippen LogP contribution in [0.25, 0.3) is 33.5 Å². The lowest BCUT2D eigenvalue weighted by Gasteiger charge is -2.16. The Balaban J connectivity index is 1.67. The molecule has 5 rings (SSSR count). The van der Waals surface area contributed by atoms with E-state index in [9.17, 15) is 4.79 Å². The second-order valence-corrected chi connectivity index (χ2v) is 9.29. The minimum Gasteiger partial charge on any atom is -0.465 e. The van der Waals surface area contributed by atoms with Crippen LogP contribution in [0.15, 0.2) is 48.5 Å². The SMILES string of the molecule is CCCNc1nc2c(C)sc(C(=O)OC)c2n1Cc1ccccc1-c1ccccc1-c1nn[nH]n1. The number of rotatable bonds is 8. The van der Waals surface area contributed by atoms with Gasteiger partial charge in [0.1, 0.15) is 10.4 Å². The highest BCUT2D eigenvalue weighted by molar-refractivity contribution is 7.15. The fourth-order valence-electron chi connectivity index (χ4n) is 4.22. The second kappa shape index (κ2) is 9.67. The van der Waals surface area contributed by atoms with Gasteiger partial charge in [-0.1, -0.05) is 55.5 Å². The lowest BCUT2D eigenvalue weighted by molar-refractivity contribution is 0.0608. The topological polar surface area (TPSA) is 111 Å². The van der Waals surface area contributed by atoms with E-state index in [1.807, 2.05) is 37.3 Å². The minimum atomic E-state index is -0.355. The van der Waals surface area contributed by atoms with Crippen molar-refractivity contribution in [3.05, 3.63) is 63.8 Å². The van der Waals surface area contributed by atoms with Gasteiger partial charge in [0.05, 0.1) is 19.2 Å². The summed E-state index contributed by atoms with van der Waals surface area (Å²) in [6, 6.07) is 16.2. The van der Waals surface area contributed by atoms with Crippen LogP contribution in [-0.2, 0) is 11.3 Å². The van der Waals surface area contributed by atoms with Crippen molar-refractivity contribution in [2.45, 2.75) is 26.8 Å². The minimum absolute atomic E-state index is 0.355. The number of ether oxygens (including phenoxy) is 1. The number of aromatic amines is 1. The summed E-state index contributed by atoms with van der Waals surface area (Å²) in [7, 11) is 1.41. The number of hydrogen-bond donors (Lipinski definition) is 2. The Morgan fingerprint density at radius 3 is 2.57 bits per heavy atom. The molecule has 0 aliphatic rings. The monoisotopic (exact) mass is 487 g/mol. The van der Waals surface area contributed by atoms with Crippen molar-refractivity contribution in [3.63, 3.8) is 0 Å². The molecule has 0 atom stereocenters. The number of nitrogens with one attached hydrogen (secondary N) is 2. The van der Waals surface area contributed by atoms with Crippen molar-refractivity contribution in [1.82, 2.24) is 30.2 Å².